The van der Waals surface area contributed by atoms with Gasteiger partial charge in [-0.1, -0.05) is 35.9 Å². The smallest absolute Gasteiger partial charge is 0.163 e. The molecule has 0 aliphatic carbocycles. The number of nitrogens with zero attached hydrogens (tertiary/aromatic N) is 1. The van der Waals surface area contributed by atoms with Crippen molar-refractivity contribution in [2.24, 2.45) is 0 Å². The van der Waals surface area contributed by atoms with Gasteiger partial charge in [-0.15, -0.1) is 0 Å². The standard InChI is InChI=1S/C21H29ClN2O2/c1-5-25-20-12-18(14-23-10-11-24(3)4)19(22)13-21(20)26-15-17-9-7-6-8-16(17)2/h6-9,12-13,23H,5,10-11,14-15H2,1-4H3. The van der Waals surface area contributed by atoms with E-state index in [-0.39, 0.29) is 0 Å². The van der Waals surface area contributed by atoms with Gasteiger partial charge in [0, 0.05) is 30.7 Å². The Labute approximate surface area is 162 Å². The van der Waals surface area contributed by atoms with Crippen molar-refractivity contribution in [3.63, 3.8) is 0 Å². The third-order valence-corrected chi connectivity index (χ3v) is 4.46. The fourth-order valence-corrected chi connectivity index (χ4v) is 2.77. The summed E-state index contributed by atoms with van der Waals surface area (Å²) >= 11 is 6.47. The van der Waals surface area contributed by atoms with Crippen molar-refractivity contribution in [1.82, 2.24) is 10.2 Å². The average molecular weight is 377 g/mol. The maximum Gasteiger partial charge on any atom is 0.163 e. The summed E-state index contributed by atoms with van der Waals surface area (Å²) in [5.74, 6) is 1.41. The molecule has 2 rings (SSSR count). The molecule has 142 valence electrons. The van der Waals surface area contributed by atoms with Crippen molar-refractivity contribution in [3.05, 3.63) is 58.1 Å². The second-order valence-electron chi connectivity index (χ2n) is 6.52. The summed E-state index contributed by atoms with van der Waals surface area (Å²) in [6.07, 6.45) is 0. The number of ether oxygens (including phenoxy) is 2. The molecule has 0 fully saturated rings. The molecule has 0 unspecified atom stereocenters. The molecule has 2 aromatic rings. The van der Waals surface area contributed by atoms with Crippen molar-refractivity contribution < 1.29 is 9.47 Å². The summed E-state index contributed by atoms with van der Waals surface area (Å²) in [6.45, 7) is 7.70. The molecule has 0 spiro atoms. The molecular formula is C21H29ClN2O2. The van der Waals surface area contributed by atoms with Gasteiger partial charge in [-0.3, -0.25) is 0 Å². The van der Waals surface area contributed by atoms with Crippen LogP contribution in [0.1, 0.15) is 23.6 Å². The van der Waals surface area contributed by atoms with E-state index in [1.165, 1.54) is 5.56 Å². The van der Waals surface area contributed by atoms with Crippen LogP contribution in [0.4, 0.5) is 0 Å². The highest BCUT2D eigenvalue weighted by Gasteiger charge is 2.12. The summed E-state index contributed by atoms with van der Waals surface area (Å²) < 4.78 is 11.8. The number of hydrogen-bond acceptors (Lipinski definition) is 4. The molecule has 0 bridgehead atoms. The molecule has 0 aliphatic heterocycles. The van der Waals surface area contributed by atoms with Crippen LogP contribution >= 0.6 is 11.6 Å². The van der Waals surface area contributed by atoms with Crippen molar-refractivity contribution in [2.45, 2.75) is 27.0 Å². The lowest BCUT2D eigenvalue weighted by Gasteiger charge is -2.16. The Bertz CT molecular complexity index is 704. The topological polar surface area (TPSA) is 33.7 Å². The minimum absolute atomic E-state index is 0.490. The molecule has 0 amide bonds. The molecule has 0 aliphatic rings. The van der Waals surface area contributed by atoms with Crippen molar-refractivity contribution >= 4 is 11.6 Å². The van der Waals surface area contributed by atoms with Gasteiger partial charge in [-0.05, 0) is 50.7 Å². The molecule has 0 heterocycles. The van der Waals surface area contributed by atoms with Crippen LogP contribution < -0.4 is 14.8 Å². The van der Waals surface area contributed by atoms with Crippen LogP contribution in [0.2, 0.25) is 5.02 Å². The molecule has 0 saturated heterocycles. The zero-order chi connectivity index (χ0) is 18.9. The molecule has 1 N–H and O–H groups in total. The molecular weight excluding hydrogens is 348 g/mol. The van der Waals surface area contributed by atoms with Crippen LogP contribution in [0.3, 0.4) is 0 Å². The summed E-state index contributed by atoms with van der Waals surface area (Å²) in [5.41, 5.74) is 3.37. The molecule has 26 heavy (non-hydrogen) atoms. The first-order valence-electron chi connectivity index (χ1n) is 8.99. The second kappa shape index (κ2) is 10.4. The van der Waals surface area contributed by atoms with Crippen LogP contribution in [0.15, 0.2) is 36.4 Å². The summed E-state index contributed by atoms with van der Waals surface area (Å²) in [5, 5.41) is 4.09. The van der Waals surface area contributed by atoms with Gasteiger partial charge >= 0.3 is 0 Å². The maximum atomic E-state index is 6.47. The van der Waals surface area contributed by atoms with Gasteiger partial charge in [0.05, 0.1) is 6.61 Å². The van der Waals surface area contributed by atoms with E-state index in [2.05, 4.69) is 43.4 Å². The van der Waals surface area contributed by atoms with Crippen LogP contribution in [-0.4, -0.2) is 38.7 Å². The van der Waals surface area contributed by atoms with Crippen LogP contribution in [-0.2, 0) is 13.2 Å². The minimum atomic E-state index is 0.490. The number of nitrogens with one attached hydrogen (secondary N) is 1. The van der Waals surface area contributed by atoms with Gasteiger partial charge in [0.25, 0.3) is 0 Å². The van der Waals surface area contributed by atoms with E-state index in [4.69, 9.17) is 21.1 Å². The lowest BCUT2D eigenvalue weighted by atomic mass is 10.1. The van der Waals surface area contributed by atoms with Crippen molar-refractivity contribution in [1.29, 1.82) is 0 Å². The number of benzene rings is 2. The van der Waals surface area contributed by atoms with Gasteiger partial charge in [-0.25, -0.2) is 0 Å². The first-order chi connectivity index (χ1) is 12.5. The summed E-state index contributed by atoms with van der Waals surface area (Å²) in [4.78, 5) is 2.14. The van der Waals surface area contributed by atoms with Gasteiger partial charge in [0.15, 0.2) is 11.5 Å². The van der Waals surface area contributed by atoms with E-state index in [0.717, 1.165) is 30.0 Å². The van der Waals surface area contributed by atoms with E-state index < -0.39 is 0 Å². The highest BCUT2D eigenvalue weighted by molar-refractivity contribution is 6.31. The normalized spacial score (nSPS) is 11.0. The highest BCUT2D eigenvalue weighted by Crippen LogP contribution is 2.34. The van der Waals surface area contributed by atoms with E-state index in [1.54, 1.807) is 0 Å². The SMILES string of the molecule is CCOc1cc(CNCCN(C)C)c(Cl)cc1OCc1ccccc1C. The first-order valence-corrected chi connectivity index (χ1v) is 9.37. The zero-order valence-corrected chi connectivity index (χ0v) is 16.9. The minimum Gasteiger partial charge on any atom is -0.490 e. The van der Waals surface area contributed by atoms with E-state index in [1.807, 2.05) is 31.2 Å². The lowest BCUT2D eigenvalue weighted by Crippen LogP contribution is -2.26. The van der Waals surface area contributed by atoms with Crippen molar-refractivity contribution in [2.75, 3.05) is 33.8 Å². The Balaban J connectivity index is 2.08. The third-order valence-electron chi connectivity index (χ3n) is 4.11. The van der Waals surface area contributed by atoms with Crippen LogP contribution in [0.25, 0.3) is 0 Å². The molecule has 0 aromatic heterocycles. The fourth-order valence-electron chi connectivity index (χ4n) is 2.55. The number of likely N-dealkylation sites (N-methyl/N-ethyl adjacent to an activating group) is 1. The Morgan fingerprint density at radius 2 is 1.77 bits per heavy atom. The summed E-state index contributed by atoms with van der Waals surface area (Å²) in [7, 11) is 4.12. The average Bonchev–Trinajstić information content (AvgIpc) is 2.60. The Kier molecular flexibility index (Phi) is 8.23. The third kappa shape index (κ3) is 6.20. The molecule has 2 aromatic carbocycles. The van der Waals surface area contributed by atoms with Gasteiger partial charge < -0.3 is 19.7 Å². The Hall–Kier alpha value is -1.75. The fraction of sp³-hybridized carbons (Fsp3) is 0.429. The number of halogens is 1. The van der Waals surface area contributed by atoms with Crippen molar-refractivity contribution in [3.8, 4) is 11.5 Å². The van der Waals surface area contributed by atoms with Gasteiger partial charge in [0.2, 0.25) is 0 Å². The van der Waals surface area contributed by atoms with Crippen LogP contribution in [0, 0.1) is 6.92 Å². The number of hydrogen-bond donors (Lipinski definition) is 1. The highest BCUT2D eigenvalue weighted by atomic mass is 35.5. The number of rotatable bonds is 10. The number of aryl methyl sites for hydroxylation is 1. The quantitative estimate of drug-likeness (QED) is 0.627. The van der Waals surface area contributed by atoms with E-state index in [0.29, 0.717) is 30.5 Å². The Morgan fingerprint density at radius 1 is 1.04 bits per heavy atom. The first kappa shape index (κ1) is 20.6. The van der Waals surface area contributed by atoms with E-state index in [9.17, 15) is 0 Å². The Morgan fingerprint density at radius 3 is 2.46 bits per heavy atom. The molecule has 5 heteroatoms. The molecule has 0 saturated carbocycles. The monoisotopic (exact) mass is 376 g/mol. The van der Waals surface area contributed by atoms with Crippen LogP contribution in [0.5, 0.6) is 11.5 Å². The van der Waals surface area contributed by atoms with Gasteiger partial charge in [0.1, 0.15) is 6.61 Å². The largest absolute Gasteiger partial charge is 0.490 e. The predicted octanol–water partition coefficient (Wildman–Crippen LogP) is 4.28. The molecule has 0 radical (unpaired) electrons. The van der Waals surface area contributed by atoms with E-state index >= 15 is 0 Å². The lowest BCUT2D eigenvalue weighted by molar-refractivity contribution is 0.268. The maximum absolute atomic E-state index is 6.47. The zero-order valence-electron chi connectivity index (χ0n) is 16.1. The second-order valence-corrected chi connectivity index (χ2v) is 6.93. The summed E-state index contributed by atoms with van der Waals surface area (Å²) in [6, 6.07) is 12.0. The molecule has 4 nitrogen and oxygen atoms in total. The predicted molar refractivity (Wildman–Crippen MR) is 108 cm³/mol. The van der Waals surface area contributed by atoms with Gasteiger partial charge in [-0.2, -0.15) is 0 Å². The molecule has 0 atom stereocenters.